The van der Waals surface area contributed by atoms with Crippen LogP contribution in [0, 0.1) is 0 Å². The van der Waals surface area contributed by atoms with Crippen LogP contribution in [0.5, 0.6) is 5.75 Å². The maximum absolute atomic E-state index is 8.77. The molecule has 0 aliphatic carbocycles. The topological polar surface area (TPSA) is 71.1 Å². The molecule has 1 aromatic carbocycles. The van der Waals surface area contributed by atoms with E-state index < -0.39 is 0 Å². The van der Waals surface area contributed by atoms with E-state index in [1.165, 1.54) is 0 Å². The van der Waals surface area contributed by atoms with E-state index in [4.69, 9.17) is 15.7 Å². The minimum Gasteiger partial charge on any atom is -0.496 e. The molecule has 100 valence electrons. The number of nitrogens with zero attached hydrogens (tertiary/aromatic N) is 2. The molecule has 1 aromatic rings. The van der Waals surface area contributed by atoms with Crippen LogP contribution in [0.25, 0.3) is 0 Å². The van der Waals surface area contributed by atoms with E-state index in [2.05, 4.69) is 31.0 Å². The zero-order valence-corrected chi connectivity index (χ0v) is 11.3. The van der Waals surface area contributed by atoms with Gasteiger partial charge < -0.3 is 15.7 Å². The minimum absolute atomic E-state index is 0.0564. The molecule has 0 spiro atoms. The zero-order valence-electron chi connectivity index (χ0n) is 11.3. The van der Waals surface area contributed by atoms with E-state index in [1.807, 2.05) is 18.2 Å². The second kappa shape index (κ2) is 6.26. The SMILES string of the molecule is COc1ccc(CN(C)C(C)C)cc1C(N)=NO. The van der Waals surface area contributed by atoms with Gasteiger partial charge in [0.25, 0.3) is 0 Å². The third-order valence-electron chi connectivity index (χ3n) is 2.96. The number of amidine groups is 1. The lowest BCUT2D eigenvalue weighted by molar-refractivity contribution is 0.265. The second-order valence-electron chi connectivity index (χ2n) is 4.53. The smallest absolute Gasteiger partial charge is 0.173 e. The van der Waals surface area contributed by atoms with Crippen molar-refractivity contribution >= 4 is 5.84 Å². The number of methoxy groups -OCH3 is 1. The summed E-state index contributed by atoms with van der Waals surface area (Å²) in [4.78, 5) is 2.21. The standard InChI is InChI=1S/C13H21N3O2/c1-9(2)16(3)8-10-5-6-12(18-4)11(7-10)13(14)15-17/h5-7,9,17H,8H2,1-4H3,(H2,14,15). The first-order valence-corrected chi connectivity index (χ1v) is 5.84. The number of hydrogen-bond acceptors (Lipinski definition) is 4. The van der Waals surface area contributed by atoms with Gasteiger partial charge in [-0.25, -0.2) is 0 Å². The van der Waals surface area contributed by atoms with Gasteiger partial charge in [0.05, 0.1) is 12.7 Å². The Kier molecular flexibility index (Phi) is 4.97. The van der Waals surface area contributed by atoms with Crippen LogP contribution in [0.15, 0.2) is 23.4 Å². The quantitative estimate of drug-likeness (QED) is 0.361. The van der Waals surface area contributed by atoms with Crippen molar-refractivity contribution in [3.05, 3.63) is 29.3 Å². The second-order valence-corrected chi connectivity index (χ2v) is 4.53. The molecule has 5 nitrogen and oxygen atoms in total. The summed E-state index contributed by atoms with van der Waals surface area (Å²) in [5.41, 5.74) is 7.33. The predicted octanol–water partition coefficient (Wildman–Crippen LogP) is 1.63. The van der Waals surface area contributed by atoms with Crippen LogP contribution in [-0.4, -0.2) is 36.1 Å². The van der Waals surface area contributed by atoms with Gasteiger partial charge in [0.15, 0.2) is 5.84 Å². The molecular weight excluding hydrogens is 230 g/mol. The van der Waals surface area contributed by atoms with E-state index in [0.29, 0.717) is 17.4 Å². The molecular formula is C13H21N3O2. The van der Waals surface area contributed by atoms with Crippen LogP contribution >= 0.6 is 0 Å². The van der Waals surface area contributed by atoms with Crippen LogP contribution in [0.4, 0.5) is 0 Å². The fraction of sp³-hybridized carbons (Fsp3) is 0.462. The van der Waals surface area contributed by atoms with Gasteiger partial charge in [0.2, 0.25) is 0 Å². The lowest BCUT2D eigenvalue weighted by Crippen LogP contribution is -2.25. The van der Waals surface area contributed by atoms with Gasteiger partial charge in [-0.05, 0) is 38.6 Å². The van der Waals surface area contributed by atoms with Gasteiger partial charge in [-0.15, -0.1) is 0 Å². The summed E-state index contributed by atoms with van der Waals surface area (Å²) in [5.74, 6) is 0.655. The van der Waals surface area contributed by atoms with Crippen molar-refractivity contribution in [1.29, 1.82) is 0 Å². The van der Waals surface area contributed by atoms with Crippen molar-refractivity contribution < 1.29 is 9.94 Å². The Bertz CT molecular complexity index is 430. The summed E-state index contributed by atoms with van der Waals surface area (Å²) in [6, 6.07) is 6.15. The van der Waals surface area contributed by atoms with Crippen LogP contribution in [0.1, 0.15) is 25.0 Å². The third kappa shape index (κ3) is 3.37. The molecule has 0 radical (unpaired) electrons. The largest absolute Gasteiger partial charge is 0.496 e. The molecule has 0 unspecified atom stereocenters. The van der Waals surface area contributed by atoms with Crippen LogP contribution < -0.4 is 10.5 Å². The number of oxime groups is 1. The van der Waals surface area contributed by atoms with Gasteiger partial charge in [-0.2, -0.15) is 0 Å². The summed E-state index contributed by atoms with van der Waals surface area (Å²) >= 11 is 0. The summed E-state index contributed by atoms with van der Waals surface area (Å²) in [5, 5.41) is 11.8. The molecule has 5 heteroatoms. The molecule has 0 aromatic heterocycles. The van der Waals surface area contributed by atoms with Crippen molar-refractivity contribution in [3.63, 3.8) is 0 Å². The fourth-order valence-electron chi connectivity index (χ4n) is 1.58. The molecule has 18 heavy (non-hydrogen) atoms. The van der Waals surface area contributed by atoms with E-state index in [0.717, 1.165) is 12.1 Å². The zero-order chi connectivity index (χ0) is 13.7. The number of nitrogens with two attached hydrogens (primary N) is 1. The Morgan fingerprint density at radius 1 is 1.50 bits per heavy atom. The normalized spacial score (nSPS) is 12.2. The highest BCUT2D eigenvalue weighted by Crippen LogP contribution is 2.20. The van der Waals surface area contributed by atoms with Crippen molar-refractivity contribution in [2.24, 2.45) is 10.9 Å². The summed E-state index contributed by atoms with van der Waals surface area (Å²) in [7, 11) is 3.61. The average molecular weight is 251 g/mol. The number of rotatable bonds is 5. The Morgan fingerprint density at radius 3 is 2.67 bits per heavy atom. The van der Waals surface area contributed by atoms with Gasteiger partial charge in [0.1, 0.15) is 5.75 Å². The van der Waals surface area contributed by atoms with Crippen molar-refractivity contribution in [3.8, 4) is 5.75 Å². The van der Waals surface area contributed by atoms with Gasteiger partial charge in [-0.3, -0.25) is 4.90 Å². The molecule has 0 saturated carbocycles. The van der Waals surface area contributed by atoms with Crippen molar-refractivity contribution in [2.75, 3.05) is 14.2 Å². The Balaban J connectivity index is 3.03. The van der Waals surface area contributed by atoms with E-state index in [-0.39, 0.29) is 5.84 Å². The summed E-state index contributed by atoms with van der Waals surface area (Å²) in [6.07, 6.45) is 0. The highest BCUT2D eigenvalue weighted by atomic mass is 16.5. The first-order valence-electron chi connectivity index (χ1n) is 5.84. The highest BCUT2D eigenvalue weighted by molar-refractivity contribution is 5.99. The molecule has 0 heterocycles. The van der Waals surface area contributed by atoms with Gasteiger partial charge >= 0.3 is 0 Å². The lowest BCUT2D eigenvalue weighted by atomic mass is 10.1. The van der Waals surface area contributed by atoms with E-state index >= 15 is 0 Å². The summed E-state index contributed by atoms with van der Waals surface area (Å²) in [6.45, 7) is 5.06. The molecule has 3 N–H and O–H groups in total. The van der Waals surface area contributed by atoms with Crippen LogP contribution in [0.2, 0.25) is 0 Å². The Labute approximate surface area is 108 Å². The number of hydrogen-bond donors (Lipinski definition) is 2. The highest BCUT2D eigenvalue weighted by Gasteiger charge is 2.11. The fourth-order valence-corrected chi connectivity index (χ4v) is 1.58. The van der Waals surface area contributed by atoms with Crippen LogP contribution in [0.3, 0.4) is 0 Å². The molecule has 1 rings (SSSR count). The first-order chi connectivity index (χ1) is 8.49. The van der Waals surface area contributed by atoms with E-state index in [9.17, 15) is 0 Å². The minimum atomic E-state index is 0.0564. The Hall–Kier alpha value is -1.75. The number of benzene rings is 1. The Morgan fingerprint density at radius 2 is 2.17 bits per heavy atom. The predicted molar refractivity (Wildman–Crippen MR) is 72.1 cm³/mol. The average Bonchev–Trinajstić information content (AvgIpc) is 2.37. The third-order valence-corrected chi connectivity index (χ3v) is 2.96. The molecule has 0 atom stereocenters. The van der Waals surface area contributed by atoms with Gasteiger partial charge in [-0.1, -0.05) is 11.2 Å². The molecule has 0 fully saturated rings. The molecule has 0 aliphatic heterocycles. The van der Waals surface area contributed by atoms with Crippen molar-refractivity contribution in [1.82, 2.24) is 4.90 Å². The van der Waals surface area contributed by atoms with Crippen molar-refractivity contribution in [2.45, 2.75) is 26.4 Å². The maximum atomic E-state index is 8.77. The number of ether oxygens (including phenoxy) is 1. The lowest BCUT2D eigenvalue weighted by Gasteiger charge is -2.21. The van der Waals surface area contributed by atoms with Gasteiger partial charge in [0, 0.05) is 12.6 Å². The molecule has 0 amide bonds. The summed E-state index contributed by atoms with van der Waals surface area (Å²) < 4.78 is 5.19. The van der Waals surface area contributed by atoms with Crippen LogP contribution in [-0.2, 0) is 6.54 Å². The van der Waals surface area contributed by atoms with E-state index in [1.54, 1.807) is 7.11 Å². The molecule has 0 aliphatic rings. The maximum Gasteiger partial charge on any atom is 0.173 e. The molecule has 0 saturated heterocycles. The molecule has 0 bridgehead atoms. The monoisotopic (exact) mass is 251 g/mol. The first kappa shape index (κ1) is 14.3.